The summed E-state index contributed by atoms with van der Waals surface area (Å²) in [5, 5.41) is 14.7. The summed E-state index contributed by atoms with van der Waals surface area (Å²) in [6.07, 6.45) is 2.77. The van der Waals surface area contributed by atoms with Crippen molar-refractivity contribution in [2.75, 3.05) is 5.32 Å². The molecule has 6 nitrogen and oxygen atoms in total. The van der Waals surface area contributed by atoms with E-state index in [1.54, 1.807) is 54.6 Å². The first-order valence-electron chi connectivity index (χ1n) is 8.81. The topological polar surface area (TPSA) is 81.5 Å². The number of ether oxygens (including phenoxy) is 1. The molecule has 0 radical (unpaired) electrons. The minimum absolute atomic E-state index is 0.0367. The molecule has 0 bridgehead atoms. The number of hydrogen-bond donors (Lipinski definition) is 1. The monoisotopic (exact) mass is 442 g/mol. The Bertz CT molecular complexity index is 1120. The lowest BCUT2D eigenvalue weighted by Crippen LogP contribution is -2.00. The molecule has 1 N–H and O–H groups in total. The number of allylic oxidation sites excluding steroid dienone is 1. The van der Waals surface area contributed by atoms with Gasteiger partial charge in [-0.1, -0.05) is 47.5 Å². The number of halogens is 2. The number of ketones is 1. The second kappa shape index (κ2) is 9.91. The number of anilines is 1. The highest BCUT2D eigenvalue weighted by atomic mass is 35.5. The van der Waals surface area contributed by atoms with Crippen LogP contribution < -0.4 is 10.1 Å². The SMILES string of the molecule is O=C(/C=C/Nc1cccc([N+](=O)[O-])c1)c1cccc(OCc2ccc(Cl)cc2Cl)c1. The number of carbonyl (C=O) groups excluding carboxylic acids is 1. The first kappa shape index (κ1) is 21.4. The zero-order valence-corrected chi connectivity index (χ0v) is 17.1. The Balaban J connectivity index is 1.62. The molecule has 3 aromatic rings. The van der Waals surface area contributed by atoms with Gasteiger partial charge in [0.15, 0.2) is 5.78 Å². The number of hydrogen-bond acceptors (Lipinski definition) is 5. The van der Waals surface area contributed by atoms with Crippen LogP contribution >= 0.6 is 23.2 Å². The quantitative estimate of drug-likeness (QED) is 0.192. The molecule has 8 heteroatoms. The molecule has 0 aromatic heterocycles. The van der Waals surface area contributed by atoms with Crippen LogP contribution in [-0.2, 0) is 6.61 Å². The van der Waals surface area contributed by atoms with Crippen LogP contribution in [0.4, 0.5) is 11.4 Å². The molecule has 0 aliphatic carbocycles. The summed E-state index contributed by atoms with van der Waals surface area (Å²) in [6, 6.07) is 17.9. The minimum Gasteiger partial charge on any atom is -0.489 e. The third kappa shape index (κ3) is 5.83. The van der Waals surface area contributed by atoms with E-state index < -0.39 is 4.92 Å². The van der Waals surface area contributed by atoms with Crippen LogP contribution in [0.25, 0.3) is 0 Å². The number of nitrogens with one attached hydrogen (secondary N) is 1. The van der Waals surface area contributed by atoms with E-state index >= 15 is 0 Å². The molecular formula is C22H16Cl2N2O4. The number of rotatable bonds is 8. The third-order valence-electron chi connectivity index (χ3n) is 4.07. The predicted molar refractivity (Wildman–Crippen MR) is 117 cm³/mol. The predicted octanol–water partition coefficient (Wildman–Crippen LogP) is 6.29. The fraction of sp³-hybridized carbons (Fsp3) is 0.0455. The number of carbonyl (C=O) groups is 1. The lowest BCUT2D eigenvalue weighted by atomic mass is 10.1. The summed E-state index contributed by atoms with van der Waals surface area (Å²) in [5.74, 6) is 0.273. The maximum absolute atomic E-state index is 12.4. The van der Waals surface area contributed by atoms with Crippen molar-refractivity contribution in [1.82, 2.24) is 0 Å². The smallest absolute Gasteiger partial charge is 0.271 e. The highest BCUT2D eigenvalue weighted by molar-refractivity contribution is 6.35. The number of non-ortho nitro benzene ring substituents is 1. The van der Waals surface area contributed by atoms with Gasteiger partial charge in [-0.2, -0.15) is 0 Å². The summed E-state index contributed by atoms with van der Waals surface area (Å²) < 4.78 is 5.73. The highest BCUT2D eigenvalue weighted by Crippen LogP contribution is 2.23. The molecule has 0 aliphatic rings. The lowest BCUT2D eigenvalue weighted by Gasteiger charge is -2.09. The Hall–Kier alpha value is -3.35. The van der Waals surface area contributed by atoms with Gasteiger partial charge in [0.05, 0.1) is 4.92 Å². The Morgan fingerprint density at radius 3 is 2.63 bits per heavy atom. The molecule has 3 rings (SSSR count). The van der Waals surface area contributed by atoms with Gasteiger partial charge in [-0.15, -0.1) is 0 Å². The van der Waals surface area contributed by atoms with E-state index in [1.807, 2.05) is 0 Å². The molecule has 0 saturated heterocycles. The van der Waals surface area contributed by atoms with E-state index in [0.29, 0.717) is 27.0 Å². The van der Waals surface area contributed by atoms with E-state index in [1.165, 1.54) is 24.4 Å². The van der Waals surface area contributed by atoms with Crippen molar-refractivity contribution in [3.05, 3.63) is 110 Å². The van der Waals surface area contributed by atoms with Crippen molar-refractivity contribution in [3.8, 4) is 5.75 Å². The highest BCUT2D eigenvalue weighted by Gasteiger charge is 2.07. The van der Waals surface area contributed by atoms with E-state index in [2.05, 4.69) is 5.32 Å². The zero-order valence-electron chi connectivity index (χ0n) is 15.5. The Kier molecular flexibility index (Phi) is 7.06. The van der Waals surface area contributed by atoms with Crippen molar-refractivity contribution >= 4 is 40.4 Å². The average molecular weight is 443 g/mol. The van der Waals surface area contributed by atoms with E-state index in [4.69, 9.17) is 27.9 Å². The van der Waals surface area contributed by atoms with Crippen molar-refractivity contribution < 1.29 is 14.5 Å². The number of nitro groups is 1. The molecule has 0 saturated carbocycles. The molecule has 0 heterocycles. The first-order valence-corrected chi connectivity index (χ1v) is 9.56. The molecule has 0 atom stereocenters. The van der Waals surface area contributed by atoms with Gasteiger partial charge in [0.2, 0.25) is 0 Å². The van der Waals surface area contributed by atoms with E-state index in [-0.39, 0.29) is 18.1 Å². The van der Waals surface area contributed by atoms with Crippen LogP contribution in [0.5, 0.6) is 5.75 Å². The van der Waals surface area contributed by atoms with Crippen molar-refractivity contribution in [2.45, 2.75) is 6.61 Å². The molecule has 0 spiro atoms. The van der Waals surface area contributed by atoms with Crippen molar-refractivity contribution in [2.24, 2.45) is 0 Å². The second-order valence-corrected chi connectivity index (χ2v) is 7.05. The van der Waals surface area contributed by atoms with Gasteiger partial charge in [-0.05, 0) is 30.3 Å². The molecule has 152 valence electrons. The summed E-state index contributed by atoms with van der Waals surface area (Å²) >= 11 is 12.0. The van der Waals surface area contributed by atoms with Gasteiger partial charge in [0.25, 0.3) is 5.69 Å². The summed E-state index contributed by atoms with van der Waals surface area (Å²) in [4.78, 5) is 22.7. The molecule has 30 heavy (non-hydrogen) atoms. The van der Waals surface area contributed by atoms with Crippen LogP contribution in [0.1, 0.15) is 15.9 Å². The standard InChI is InChI=1S/C22H16Cl2N2O4/c23-17-8-7-16(21(24)12-17)14-30-20-6-1-3-15(11-20)22(27)9-10-25-18-4-2-5-19(13-18)26(28)29/h1-13,25H,14H2/b10-9+. The zero-order chi connectivity index (χ0) is 21.5. The average Bonchev–Trinajstić information content (AvgIpc) is 2.73. The van der Waals surface area contributed by atoms with Gasteiger partial charge < -0.3 is 10.1 Å². The first-order chi connectivity index (χ1) is 14.4. The van der Waals surface area contributed by atoms with Gasteiger partial charge in [0, 0.05) is 51.3 Å². The second-order valence-electron chi connectivity index (χ2n) is 6.20. The number of benzene rings is 3. The fourth-order valence-corrected chi connectivity index (χ4v) is 3.02. The molecular weight excluding hydrogens is 427 g/mol. The minimum atomic E-state index is -0.483. The maximum atomic E-state index is 12.4. The van der Waals surface area contributed by atoms with Gasteiger partial charge in [-0.25, -0.2) is 0 Å². The summed E-state index contributed by atoms with van der Waals surface area (Å²) in [6.45, 7) is 0.234. The van der Waals surface area contributed by atoms with Crippen LogP contribution in [-0.4, -0.2) is 10.7 Å². The number of nitrogens with zero attached hydrogens (tertiary/aromatic N) is 1. The van der Waals surface area contributed by atoms with Crippen LogP contribution in [0.2, 0.25) is 10.0 Å². The van der Waals surface area contributed by atoms with Gasteiger partial charge >= 0.3 is 0 Å². The molecule has 0 fully saturated rings. The normalized spacial score (nSPS) is 10.7. The fourth-order valence-electron chi connectivity index (χ4n) is 2.56. The van der Waals surface area contributed by atoms with Crippen LogP contribution in [0.15, 0.2) is 79.0 Å². The molecule has 3 aromatic carbocycles. The third-order valence-corrected chi connectivity index (χ3v) is 4.66. The van der Waals surface area contributed by atoms with Gasteiger partial charge in [-0.3, -0.25) is 14.9 Å². The van der Waals surface area contributed by atoms with Crippen LogP contribution in [0, 0.1) is 10.1 Å². The number of nitro benzene ring substituents is 1. The Morgan fingerprint density at radius 1 is 1.07 bits per heavy atom. The van der Waals surface area contributed by atoms with E-state index in [0.717, 1.165) is 5.56 Å². The summed E-state index contributed by atoms with van der Waals surface area (Å²) in [7, 11) is 0. The van der Waals surface area contributed by atoms with E-state index in [9.17, 15) is 14.9 Å². The van der Waals surface area contributed by atoms with Crippen molar-refractivity contribution in [1.29, 1.82) is 0 Å². The van der Waals surface area contributed by atoms with Gasteiger partial charge in [0.1, 0.15) is 12.4 Å². The molecule has 0 unspecified atom stereocenters. The largest absolute Gasteiger partial charge is 0.489 e. The Labute approximate surface area is 182 Å². The lowest BCUT2D eigenvalue weighted by molar-refractivity contribution is -0.384. The summed E-state index contributed by atoms with van der Waals surface area (Å²) in [5.41, 5.74) is 1.68. The Morgan fingerprint density at radius 2 is 1.87 bits per heavy atom. The molecule has 0 amide bonds. The molecule has 0 aliphatic heterocycles. The maximum Gasteiger partial charge on any atom is 0.271 e. The van der Waals surface area contributed by atoms with Crippen molar-refractivity contribution in [3.63, 3.8) is 0 Å². The van der Waals surface area contributed by atoms with Crippen LogP contribution in [0.3, 0.4) is 0 Å².